The number of halogens is 2. The lowest BCUT2D eigenvalue weighted by molar-refractivity contribution is 0.103. The summed E-state index contributed by atoms with van der Waals surface area (Å²) in [5, 5.41) is 7.25. The number of anilines is 2. The van der Waals surface area contributed by atoms with Crippen LogP contribution in [0.3, 0.4) is 0 Å². The molecule has 1 unspecified atom stereocenters. The second-order valence-electron chi connectivity index (χ2n) is 12.0. The molecule has 4 aromatic rings. The van der Waals surface area contributed by atoms with Gasteiger partial charge in [0.05, 0.1) is 38.7 Å². The van der Waals surface area contributed by atoms with Gasteiger partial charge < -0.3 is 29.7 Å². The van der Waals surface area contributed by atoms with Gasteiger partial charge in [-0.05, 0) is 61.2 Å². The van der Waals surface area contributed by atoms with Crippen LogP contribution in [0.4, 0.5) is 11.6 Å². The fourth-order valence-electron chi connectivity index (χ4n) is 6.31. The minimum absolute atomic E-state index is 0.0293. The lowest BCUT2D eigenvalue weighted by Crippen LogP contribution is -2.51. The Hall–Kier alpha value is -3.96. The molecule has 2 aliphatic heterocycles. The molecule has 1 spiro atoms. The van der Waals surface area contributed by atoms with Crippen LogP contribution in [0.15, 0.2) is 67.0 Å². The first-order valence-electron chi connectivity index (χ1n) is 15.6. The molecule has 2 atom stereocenters. The van der Waals surface area contributed by atoms with Gasteiger partial charge in [-0.3, -0.25) is 4.79 Å². The van der Waals surface area contributed by atoms with Crippen molar-refractivity contribution in [3.63, 3.8) is 0 Å². The van der Waals surface area contributed by atoms with Crippen molar-refractivity contribution in [2.45, 2.75) is 38.4 Å². The van der Waals surface area contributed by atoms with Gasteiger partial charge in [-0.15, -0.1) is 0 Å². The van der Waals surface area contributed by atoms with Crippen LogP contribution in [0, 0.1) is 5.41 Å². The Kier molecular flexibility index (Phi) is 10.1. The van der Waals surface area contributed by atoms with Crippen molar-refractivity contribution in [2.75, 3.05) is 50.7 Å². The summed E-state index contributed by atoms with van der Waals surface area (Å²) in [6, 6.07) is 17.8. The molecule has 6 rings (SSSR count). The highest BCUT2D eigenvalue weighted by Crippen LogP contribution is 2.41. The van der Waals surface area contributed by atoms with E-state index in [-0.39, 0.29) is 38.9 Å². The van der Waals surface area contributed by atoms with Crippen LogP contribution in [0.1, 0.15) is 53.0 Å². The Balaban J connectivity index is 1.08. The van der Waals surface area contributed by atoms with E-state index < -0.39 is 5.78 Å². The fraction of sp³-hybridized carbons (Fsp3) is 0.371. The molecule has 2 fully saturated rings. The second kappa shape index (κ2) is 14.4. The lowest BCUT2D eigenvalue weighted by Gasteiger charge is -2.43. The molecule has 10 nitrogen and oxygen atoms in total. The van der Waals surface area contributed by atoms with Crippen LogP contribution >= 0.6 is 23.2 Å². The van der Waals surface area contributed by atoms with Crippen molar-refractivity contribution in [3.8, 4) is 11.5 Å². The standard InChI is InChI=1S/C35H38Cl2N6O4/c1-22(24-6-10-26(46-3)11-7-24)41-28-20-47-21-35(28)13-16-43(17-14-35)29-19-39-31(33(37)42-29)32(44)27-12-15-38-34(30(27)36)40-18-23-4-8-25(45-2)9-5-23/h4-12,15,19,22,28,41H,13-14,16-18,20-21H2,1-3H3,(H,38,40)/t22?,28-/m1/s1. The molecule has 2 aliphatic rings. The first-order valence-corrected chi connectivity index (χ1v) is 16.4. The van der Waals surface area contributed by atoms with Crippen molar-refractivity contribution in [3.05, 3.63) is 99.6 Å². The maximum absolute atomic E-state index is 13.5. The zero-order valence-corrected chi connectivity index (χ0v) is 28.1. The number of piperidine rings is 1. The van der Waals surface area contributed by atoms with Gasteiger partial charge >= 0.3 is 0 Å². The van der Waals surface area contributed by atoms with E-state index in [2.05, 4.69) is 49.5 Å². The number of aromatic nitrogens is 3. The van der Waals surface area contributed by atoms with E-state index in [1.54, 1.807) is 26.5 Å². The van der Waals surface area contributed by atoms with Gasteiger partial charge in [0.25, 0.3) is 0 Å². The molecule has 2 aromatic heterocycles. The number of benzene rings is 2. The molecule has 12 heteroatoms. The molecule has 0 bridgehead atoms. The topological polar surface area (TPSA) is 111 Å². The number of rotatable bonds is 11. The van der Waals surface area contributed by atoms with E-state index in [1.165, 1.54) is 11.8 Å². The van der Waals surface area contributed by atoms with Gasteiger partial charge in [0.1, 0.15) is 28.8 Å². The molecular weight excluding hydrogens is 639 g/mol. The number of carbonyl (C=O) groups is 1. The number of carbonyl (C=O) groups excluding carboxylic acids is 1. The average molecular weight is 678 g/mol. The van der Waals surface area contributed by atoms with E-state index in [9.17, 15) is 4.79 Å². The Labute approximate surface area is 284 Å². The minimum Gasteiger partial charge on any atom is -0.497 e. The number of hydrogen-bond donors (Lipinski definition) is 2. The van der Waals surface area contributed by atoms with Crippen LogP contribution in [0.25, 0.3) is 0 Å². The smallest absolute Gasteiger partial charge is 0.216 e. The van der Waals surface area contributed by atoms with Crippen LogP contribution in [-0.2, 0) is 11.3 Å². The third kappa shape index (κ3) is 7.16. The van der Waals surface area contributed by atoms with Gasteiger partial charge in [-0.2, -0.15) is 0 Å². The zero-order valence-electron chi connectivity index (χ0n) is 26.6. The largest absolute Gasteiger partial charge is 0.497 e. The summed E-state index contributed by atoms with van der Waals surface area (Å²) in [6.07, 6.45) is 5.00. The number of ketones is 1. The molecule has 0 saturated carbocycles. The Bertz CT molecular complexity index is 1700. The molecule has 0 aliphatic carbocycles. The minimum atomic E-state index is -0.422. The summed E-state index contributed by atoms with van der Waals surface area (Å²) in [4.78, 5) is 29.1. The molecule has 0 amide bonds. The predicted octanol–water partition coefficient (Wildman–Crippen LogP) is 6.37. The van der Waals surface area contributed by atoms with Gasteiger partial charge in [0.15, 0.2) is 5.15 Å². The molecule has 246 valence electrons. The number of hydrogen-bond acceptors (Lipinski definition) is 10. The zero-order chi connectivity index (χ0) is 33.0. The SMILES string of the molecule is COc1ccc(CNc2nccc(C(=O)c3ncc(N4CCC5(CC4)COC[C@H]5NC(C)c4ccc(OC)cc4)nc3Cl)c2Cl)cc1. The predicted molar refractivity (Wildman–Crippen MR) is 183 cm³/mol. The van der Waals surface area contributed by atoms with Crippen LogP contribution in [-0.4, -0.2) is 67.3 Å². The van der Waals surface area contributed by atoms with Crippen molar-refractivity contribution >= 4 is 40.6 Å². The normalized spacial score (nSPS) is 17.8. The highest BCUT2D eigenvalue weighted by atomic mass is 35.5. The van der Waals surface area contributed by atoms with Crippen molar-refractivity contribution < 1.29 is 19.0 Å². The highest BCUT2D eigenvalue weighted by molar-refractivity contribution is 6.38. The van der Waals surface area contributed by atoms with Crippen LogP contribution < -0.4 is 25.0 Å². The molecule has 47 heavy (non-hydrogen) atoms. The average Bonchev–Trinajstić information content (AvgIpc) is 3.48. The van der Waals surface area contributed by atoms with Crippen molar-refractivity contribution in [1.82, 2.24) is 20.3 Å². The fourth-order valence-corrected chi connectivity index (χ4v) is 6.79. The number of nitrogens with zero attached hydrogens (tertiary/aromatic N) is 4. The first kappa shape index (κ1) is 33.0. The Morgan fingerprint density at radius 1 is 1.02 bits per heavy atom. The summed E-state index contributed by atoms with van der Waals surface area (Å²) >= 11 is 13.2. The maximum atomic E-state index is 13.5. The van der Waals surface area contributed by atoms with Gasteiger partial charge in [-0.1, -0.05) is 47.5 Å². The maximum Gasteiger partial charge on any atom is 0.216 e. The van der Waals surface area contributed by atoms with Crippen molar-refractivity contribution in [1.29, 1.82) is 0 Å². The molecule has 2 aromatic carbocycles. The van der Waals surface area contributed by atoms with E-state index in [0.717, 1.165) is 49.6 Å². The van der Waals surface area contributed by atoms with Crippen LogP contribution in [0.5, 0.6) is 11.5 Å². The third-order valence-corrected chi connectivity index (χ3v) is 9.89. The summed E-state index contributed by atoms with van der Waals surface area (Å²) < 4.78 is 16.5. The quantitative estimate of drug-likeness (QED) is 0.174. The van der Waals surface area contributed by atoms with Crippen molar-refractivity contribution in [2.24, 2.45) is 5.41 Å². The highest BCUT2D eigenvalue weighted by Gasteiger charge is 2.46. The molecule has 2 N–H and O–H groups in total. The third-order valence-electron chi connectivity index (χ3n) is 9.25. The molecule has 2 saturated heterocycles. The summed E-state index contributed by atoms with van der Waals surface area (Å²) in [7, 11) is 3.30. The number of ether oxygens (including phenoxy) is 3. The summed E-state index contributed by atoms with van der Waals surface area (Å²) in [5.41, 5.74) is 2.52. The lowest BCUT2D eigenvalue weighted by atomic mass is 9.74. The van der Waals surface area contributed by atoms with Gasteiger partial charge in [0.2, 0.25) is 5.78 Å². The number of nitrogens with one attached hydrogen (secondary N) is 2. The van der Waals surface area contributed by atoms with E-state index >= 15 is 0 Å². The Morgan fingerprint density at radius 2 is 1.70 bits per heavy atom. The van der Waals surface area contributed by atoms with E-state index in [1.807, 2.05) is 36.4 Å². The Morgan fingerprint density at radius 3 is 2.36 bits per heavy atom. The molecule has 0 radical (unpaired) electrons. The molecular formula is C35H38Cl2N6O4. The summed E-state index contributed by atoms with van der Waals surface area (Å²) in [5.74, 6) is 2.22. The van der Waals surface area contributed by atoms with Gasteiger partial charge in [-0.25, -0.2) is 15.0 Å². The monoisotopic (exact) mass is 676 g/mol. The number of methoxy groups -OCH3 is 2. The van der Waals surface area contributed by atoms with Crippen LogP contribution in [0.2, 0.25) is 10.2 Å². The number of pyridine rings is 1. The summed E-state index contributed by atoms with van der Waals surface area (Å²) in [6.45, 7) is 5.59. The van der Waals surface area contributed by atoms with E-state index in [0.29, 0.717) is 24.8 Å². The van der Waals surface area contributed by atoms with E-state index in [4.69, 9.17) is 37.4 Å². The second-order valence-corrected chi connectivity index (χ2v) is 12.7. The molecule has 4 heterocycles. The first-order chi connectivity index (χ1) is 22.8. The van der Waals surface area contributed by atoms with Gasteiger partial charge in [0, 0.05) is 48.9 Å².